The topological polar surface area (TPSA) is 49.8 Å². The molecule has 0 saturated carbocycles. The van der Waals surface area contributed by atoms with E-state index in [0.717, 1.165) is 38.2 Å². The van der Waals surface area contributed by atoms with Crippen LogP contribution in [0, 0.1) is 12.8 Å². The molecule has 1 aliphatic rings. The van der Waals surface area contributed by atoms with Crippen LogP contribution in [-0.4, -0.2) is 42.7 Å². The smallest absolute Gasteiger partial charge is 0.253 e. The summed E-state index contributed by atoms with van der Waals surface area (Å²) in [5.41, 5.74) is 1.36. The van der Waals surface area contributed by atoms with Crippen molar-refractivity contribution in [3.05, 3.63) is 29.3 Å². The number of amides is 1. The molecule has 104 valence electrons. The van der Waals surface area contributed by atoms with Crippen LogP contribution in [0.5, 0.6) is 5.75 Å². The summed E-state index contributed by atoms with van der Waals surface area (Å²) in [5, 5.41) is 9.49. The summed E-state index contributed by atoms with van der Waals surface area (Å²) in [4.78, 5) is 14.1. The molecule has 0 spiro atoms. The third-order valence-electron chi connectivity index (χ3n) is 3.66. The standard InChI is InChI=1S/C15H21NO3/c1-11-9-13(3-4-14(11)17)15(18)16(2)10-12-5-7-19-8-6-12/h3-4,9,12,17H,5-8,10H2,1-2H3. The summed E-state index contributed by atoms with van der Waals surface area (Å²) in [6.07, 6.45) is 2.04. The average molecular weight is 263 g/mol. The Balaban J connectivity index is 1.99. The molecule has 1 heterocycles. The largest absolute Gasteiger partial charge is 0.508 e. The minimum Gasteiger partial charge on any atom is -0.508 e. The zero-order valence-electron chi connectivity index (χ0n) is 11.6. The van der Waals surface area contributed by atoms with Gasteiger partial charge in [-0.15, -0.1) is 0 Å². The number of carbonyl (C=O) groups excluding carboxylic acids is 1. The molecule has 1 aromatic rings. The highest BCUT2D eigenvalue weighted by Gasteiger charge is 2.19. The Kier molecular flexibility index (Phi) is 4.43. The van der Waals surface area contributed by atoms with Crippen LogP contribution in [0.15, 0.2) is 18.2 Å². The van der Waals surface area contributed by atoms with Gasteiger partial charge in [0.1, 0.15) is 5.75 Å². The molecule has 1 aliphatic heterocycles. The number of hydrogen-bond acceptors (Lipinski definition) is 3. The van der Waals surface area contributed by atoms with E-state index < -0.39 is 0 Å². The summed E-state index contributed by atoms with van der Waals surface area (Å²) in [6.45, 7) is 4.16. The van der Waals surface area contributed by atoms with Crippen LogP contribution in [0.2, 0.25) is 0 Å². The van der Waals surface area contributed by atoms with Gasteiger partial charge in [0.2, 0.25) is 0 Å². The van der Waals surface area contributed by atoms with Gasteiger partial charge in [0.25, 0.3) is 5.91 Å². The zero-order chi connectivity index (χ0) is 13.8. The number of rotatable bonds is 3. The number of hydrogen-bond donors (Lipinski definition) is 1. The van der Waals surface area contributed by atoms with Crippen LogP contribution in [0.4, 0.5) is 0 Å². The van der Waals surface area contributed by atoms with E-state index in [1.165, 1.54) is 0 Å². The highest BCUT2D eigenvalue weighted by atomic mass is 16.5. The van der Waals surface area contributed by atoms with Crippen LogP contribution >= 0.6 is 0 Å². The van der Waals surface area contributed by atoms with Gasteiger partial charge in [0.15, 0.2) is 0 Å². The Morgan fingerprint density at radius 3 is 2.74 bits per heavy atom. The van der Waals surface area contributed by atoms with E-state index in [1.54, 1.807) is 30.0 Å². The van der Waals surface area contributed by atoms with Crippen molar-refractivity contribution >= 4 is 5.91 Å². The van der Waals surface area contributed by atoms with Gasteiger partial charge in [-0.1, -0.05) is 0 Å². The van der Waals surface area contributed by atoms with E-state index in [2.05, 4.69) is 0 Å². The van der Waals surface area contributed by atoms with Crippen molar-refractivity contribution in [1.82, 2.24) is 4.90 Å². The third-order valence-corrected chi connectivity index (χ3v) is 3.66. The van der Waals surface area contributed by atoms with E-state index in [-0.39, 0.29) is 11.7 Å². The predicted molar refractivity (Wildman–Crippen MR) is 73.3 cm³/mol. The highest BCUT2D eigenvalue weighted by Crippen LogP contribution is 2.20. The second-order valence-corrected chi connectivity index (χ2v) is 5.24. The fraction of sp³-hybridized carbons (Fsp3) is 0.533. The minimum atomic E-state index is 0.00888. The van der Waals surface area contributed by atoms with Crippen molar-refractivity contribution in [2.24, 2.45) is 5.92 Å². The molecular weight excluding hydrogens is 242 g/mol. The Labute approximate surface area is 114 Å². The van der Waals surface area contributed by atoms with E-state index in [4.69, 9.17) is 4.74 Å². The number of benzene rings is 1. The van der Waals surface area contributed by atoms with Gasteiger partial charge < -0.3 is 14.7 Å². The van der Waals surface area contributed by atoms with Crippen LogP contribution in [-0.2, 0) is 4.74 Å². The van der Waals surface area contributed by atoms with Gasteiger partial charge in [0, 0.05) is 32.4 Å². The first-order valence-corrected chi connectivity index (χ1v) is 6.70. The van der Waals surface area contributed by atoms with Gasteiger partial charge in [-0.05, 0) is 49.4 Å². The van der Waals surface area contributed by atoms with Crippen LogP contribution < -0.4 is 0 Å². The lowest BCUT2D eigenvalue weighted by atomic mass is 9.99. The summed E-state index contributed by atoms with van der Waals surface area (Å²) in [7, 11) is 1.83. The number of nitrogens with zero attached hydrogens (tertiary/aromatic N) is 1. The molecule has 0 atom stereocenters. The quantitative estimate of drug-likeness (QED) is 0.909. The van der Waals surface area contributed by atoms with Crippen molar-refractivity contribution in [3.8, 4) is 5.75 Å². The van der Waals surface area contributed by atoms with Crippen molar-refractivity contribution in [2.45, 2.75) is 19.8 Å². The highest BCUT2D eigenvalue weighted by molar-refractivity contribution is 5.94. The number of aromatic hydroxyl groups is 1. The Bertz CT molecular complexity index is 453. The predicted octanol–water partition coefficient (Wildman–Crippen LogP) is 2.20. The molecule has 19 heavy (non-hydrogen) atoms. The minimum absolute atomic E-state index is 0.00888. The molecule has 1 saturated heterocycles. The molecule has 1 amide bonds. The Hall–Kier alpha value is -1.55. The van der Waals surface area contributed by atoms with Crippen molar-refractivity contribution in [1.29, 1.82) is 0 Å². The second-order valence-electron chi connectivity index (χ2n) is 5.24. The van der Waals surface area contributed by atoms with Crippen molar-refractivity contribution < 1.29 is 14.6 Å². The summed E-state index contributed by atoms with van der Waals surface area (Å²) >= 11 is 0. The Morgan fingerprint density at radius 1 is 1.42 bits per heavy atom. The van der Waals surface area contributed by atoms with Crippen molar-refractivity contribution in [2.75, 3.05) is 26.8 Å². The molecule has 1 N–H and O–H groups in total. The number of phenols is 1. The SMILES string of the molecule is Cc1cc(C(=O)N(C)CC2CCOCC2)ccc1O. The van der Waals surface area contributed by atoms with Gasteiger partial charge in [-0.25, -0.2) is 0 Å². The second kappa shape index (κ2) is 6.06. The fourth-order valence-corrected chi connectivity index (χ4v) is 2.41. The molecule has 0 radical (unpaired) electrons. The number of ether oxygens (including phenoxy) is 1. The van der Waals surface area contributed by atoms with E-state index >= 15 is 0 Å². The molecule has 0 aliphatic carbocycles. The van der Waals surface area contributed by atoms with Gasteiger partial charge in [-0.2, -0.15) is 0 Å². The van der Waals surface area contributed by atoms with E-state index in [1.807, 2.05) is 7.05 Å². The van der Waals surface area contributed by atoms with E-state index in [9.17, 15) is 9.90 Å². The molecule has 4 heteroatoms. The lowest BCUT2D eigenvalue weighted by Crippen LogP contribution is -2.34. The first kappa shape index (κ1) is 13.9. The van der Waals surface area contributed by atoms with Gasteiger partial charge >= 0.3 is 0 Å². The first-order valence-electron chi connectivity index (χ1n) is 6.70. The molecule has 0 aromatic heterocycles. The lowest BCUT2D eigenvalue weighted by Gasteiger charge is -2.27. The summed E-state index contributed by atoms with van der Waals surface area (Å²) in [6, 6.07) is 4.98. The number of phenolic OH excluding ortho intramolecular Hbond substituents is 1. The Morgan fingerprint density at radius 2 is 2.11 bits per heavy atom. The zero-order valence-corrected chi connectivity index (χ0v) is 11.6. The normalized spacial score (nSPS) is 16.3. The molecule has 0 unspecified atom stereocenters. The van der Waals surface area contributed by atoms with Crippen LogP contribution in [0.3, 0.4) is 0 Å². The molecule has 1 fully saturated rings. The van der Waals surface area contributed by atoms with Crippen LogP contribution in [0.1, 0.15) is 28.8 Å². The first-order chi connectivity index (χ1) is 9.08. The molecule has 4 nitrogen and oxygen atoms in total. The molecule has 0 bridgehead atoms. The maximum absolute atomic E-state index is 12.3. The van der Waals surface area contributed by atoms with Crippen molar-refractivity contribution in [3.63, 3.8) is 0 Å². The number of aryl methyl sites for hydroxylation is 1. The van der Waals surface area contributed by atoms with E-state index in [0.29, 0.717) is 11.5 Å². The van der Waals surface area contributed by atoms with Crippen LogP contribution in [0.25, 0.3) is 0 Å². The summed E-state index contributed by atoms with van der Waals surface area (Å²) < 4.78 is 5.32. The molecule has 1 aromatic carbocycles. The lowest BCUT2D eigenvalue weighted by molar-refractivity contribution is 0.0497. The fourth-order valence-electron chi connectivity index (χ4n) is 2.41. The molecule has 2 rings (SSSR count). The van der Waals surface area contributed by atoms with Gasteiger partial charge in [0.05, 0.1) is 0 Å². The van der Waals surface area contributed by atoms with Gasteiger partial charge in [-0.3, -0.25) is 4.79 Å². The monoisotopic (exact) mass is 263 g/mol. The average Bonchev–Trinajstić information content (AvgIpc) is 2.42. The third kappa shape index (κ3) is 3.47. The maximum atomic E-state index is 12.3. The number of carbonyl (C=O) groups is 1. The summed E-state index contributed by atoms with van der Waals surface area (Å²) in [5.74, 6) is 0.763. The maximum Gasteiger partial charge on any atom is 0.253 e. The molecular formula is C15H21NO3.